The number of aryl methyl sites for hydroxylation is 1. The molecule has 0 bridgehead atoms. The third-order valence-electron chi connectivity index (χ3n) is 5.34. The number of hydrogen-bond acceptors (Lipinski definition) is 4. The number of pyridine rings is 1. The van der Waals surface area contributed by atoms with Crippen molar-refractivity contribution in [3.63, 3.8) is 0 Å². The van der Waals surface area contributed by atoms with Gasteiger partial charge >= 0.3 is 6.03 Å². The average Bonchev–Trinajstić information content (AvgIpc) is 2.83. The fourth-order valence-corrected chi connectivity index (χ4v) is 3.62. The lowest BCUT2D eigenvalue weighted by molar-refractivity contribution is 0.0671. The minimum atomic E-state index is -0.184. The molecule has 164 valence electrons. The van der Waals surface area contributed by atoms with Gasteiger partial charge in [0.25, 0.3) is 5.91 Å². The molecular weight excluding hydrogens is 404 g/mol. The highest BCUT2D eigenvalue weighted by Crippen LogP contribution is 2.18. The van der Waals surface area contributed by atoms with Gasteiger partial charge in [-0.1, -0.05) is 35.9 Å². The summed E-state index contributed by atoms with van der Waals surface area (Å²) in [5, 5.41) is 2.83. The standard InChI is InChI=1S/C25H26N4O3/c1-19-5-2-6-20(15-19)18-32-23-9-3-7-21(16-23)24(30)28-11-13-29(14-12-28)25(31)27-22-8-4-10-26-17-22/h2-10,15-17H,11-14,18H2,1H3,(H,27,31). The lowest BCUT2D eigenvalue weighted by atomic mass is 10.1. The number of ether oxygens (including phenoxy) is 1. The molecule has 0 radical (unpaired) electrons. The van der Waals surface area contributed by atoms with Gasteiger partial charge in [-0.3, -0.25) is 9.78 Å². The lowest BCUT2D eigenvalue weighted by Crippen LogP contribution is -2.51. The number of hydrogen-bond donors (Lipinski definition) is 1. The van der Waals surface area contributed by atoms with Crippen LogP contribution in [0.1, 0.15) is 21.5 Å². The Hall–Kier alpha value is -3.87. The molecule has 0 saturated carbocycles. The zero-order chi connectivity index (χ0) is 22.3. The van der Waals surface area contributed by atoms with Crippen molar-refractivity contribution in [3.8, 4) is 5.75 Å². The van der Waals surface area contributed by atoms with Gasteiger partial charge in [0, 0.05) is 37.9 Å². The van der Waals surface area contributed by atoms with Crippen molar-refractivity contribution >= 4 is 17.6 Å². The first-order valence-electron chi connectivity index (χ1n) is 10.6. The predicted molar refractivity (Wildman–Crippen MR) is 123 cm³/mol. The summed E-state index contributed by atoms with van der Waals surface area (Å²) in [7, 11) is 0. The average molecular weight is 431 g/mol. The summed E-state index contributed by atoms with van der Waals surface area (Å²) in [5.41, 5.74) is 3.50. The Morgan fingerprint density at radius 2 is 1.75 bits per heavy atom. The van der Waals surface area contributed by atoms with E-state index in [1.807, 2.05) is 37.3 Å². The van der Waals surface area contributed by atoms with E-state index in [4.69, 9.17) is 4.74 Å². The minimum absolute atomic E-state index is 0.0571. The molecule has 3 aromatic rings. The largest absolute Gasteiger partial charge is 0.489 e. The molecule has 1 fully saturated rings. The van der Waals surface area contributed by atoms with Crippen LogP contribution in [0.25, 0.3) is 0 Å². The van der Waals surface area contributed by atoms with Crippen molar-refractivity contribution in [2.75, 3.05) is 31.5 Å². The van der Waals surface area contributed by atoms with Gasteiger partial charge < -0.3 is 19.9 Å². The second-order valence-corrected chi connectivity index (χ2v) is 7.76. The third kappa shape index (κ3) is 5.43. The van der Waals surface area contributed by atoms with Crippen LogP contribution in [0.5, 0.6) is 5.75 Å². The first-order chi connectivity index (χ1) is 15.6. The molecule has 2 heterocycles. The Balaban J connectivity index is 1.31. The van der Waals surface area contributed by atoms with E-state index >= 15 is 0 Å². The molecule has 1 aliphatic heterocycles. The minimum Gasteiger partial charge on any atom is -0.489 e. The van der Waals surface area contributed by atoms with Crippen LogP contribution in [0.2, 0.25) is 0 Å². The number of urea groups is 1. The van der Waals surface area contributed by atoms with Crippen molar-refractivity contribution in [1.82, 2.24) is 14.8 Å². The number of anilines is 1. The lowest BCUT2D eigenvalue weighted by Gasteiger charge is -2.34. The summed E-state index contributed by atoms with van der Waals surface area (Å²) in [6.45, 7) is 4.40. The Kier molecular flexibility index (Phi) is 6.65. The van der Waals surface area contributed by atoms with Gasteiger partial charge in [-0.05, 0) is 42.8 Å². The summed E-state index contributed by atoms with van der Waals surface area (Å²) in [4.78, 5) is 32.9. The van der Waals surface area contributed by atoms with Crippen LogP contribution in [0.15, 0.2) is 73.1 Å². The molecule has 4 rings (SSSR count). The number of rotatable bonds is 5. The Morgan fingerprint density at radius 3 is 2.50 bits per heavy atom. The van der Waals surface area contributed by atoms with Gasteiger partial charge in [-0.25, -0.2) is 4.79 Å². The quantitative estimate of drug-likeness (QED) is 0.665. The van der Waals surface area contributed by atoms with E-state index in [1.54, 1.807) is 46.5 Å². The first kappa shape index (κ1) is 21.4. The van der Waals surface area contributed by atoms with Gasteiger partial charge in [-0.15, -0.1) is 0 Å². The monoisotopic (exact) mass is 430 g/mol. The summed E-state index contributed by atoms with van der Waals surface area (Å²) < 4.78 is 5.89. The highest BCUT2D eigenvalue weighted by Gasteiger charge is 2.25. The smallest absolute Gasteiger partial charge is 0.322 e. The van der Waals surface area contributed by atoms with Crippen LogP contribution >= 0.6 is 0 Å². The summed E-state index contributed by atoms with van der Waals surface area (Å²) in [6.07, 6.45) is 3.26. The Bertz CT molecular complexity index is 1080. The number of carbonyl (C=O) groups excluding carboxylic acids is 2. The van der Waals surface area contributed by atoms with Gasteiger partial charge in [0.15, 0.2) is 0 Å². The van der Waals surface area contributed by atoms with Crippen molar-refractivity contribution < 1.29 is 14.3 Å². The van der Waals surface area contributed by atoms with Gasteiger partial charge in [0.05, 0.1) is 11.9 Å². The summed E-state index contributed by atoms with van der Waals surface area (Å²) >= 11 is 0. The molecule has 1 aliphatic rings. The molecule has 32 heavy (non-hydrogen) atoms. The molecule has 0 atom stereocenters. The zero-order valence-corrected chi connectivity index (χ0v) is 18.0. The normalized spacial score (nSPS) is 13.5. The number of piperazine rings is 1. The second kappa shape index (κ2) is 9.96. The topological polar surface area (TPSA) is 74.8 Å². The molecule has 3 amide bonds. The van der Waals surface area contributed by atoms with E-state index in [-0.39, 0.29) is 11.9 Å². The van der Waals surface area contributed by atoms with Crippen molar-refractivity contribution in [2.45, 2.75) is 13.5 Å². The number of nitrogens with zero attached hydrogens (tertiary/aromatic N) is 3. The molecule has 1 aromatic heterocycles. The molecule has 1 N–H and O–H groups in total. The number of amides is 3. The van der Waals surface area contributed by atoms with E-state index in [9.17, 15) is 9.59 Å². The zero-order valence-electron chi connectivity index (χ0n) is 18.0. The predicted octanol–water partition coefficient (Wildman–Crippen LogP) is 3.96. The number of carbonyl (C=O) groups is 2. The fraction of sp³-hybridized carbons (Fsp3) is 0.240. The van der Waals surface area contributed by atoms with Crippen LogP contribution in [0, 0.1) is 6.92 Å². The SMILES string of the molecule is Cc1cccc(COc2cccc(C(=O)N3CCN(C(=O)Nc4cccnc4)CC3)c2)c1. The summed E-state index contributed by atoms with van der Waals surface area (Å²) in [5.74, 6) is 0.602. The van der Waals surface area contributed by atoms with Crippen molar-refractivity contribution in [2.24, 2.45) is 0 Å². The van der Waals surface area contributed by atoms with Crippen LogP contribution in [0.4, 0.5) is 10.5 Å². The molecule has 0 spiro atoms. The van der Waals surface area contributed by atoms with Crippen LogP contribution in [-0.4, -0.2) is 52.9 Å². The van der Waals surface area contributed by atoms with Gasteiger partial charge in [-0.2, -0.15) is 0 Å². The summed E-state index contributed by atoms with van der Waals surface area (Å²) in [6, 6.07) is 18.8. The molecule has 1 saturated heterocycles. The maximum atomic E-state index is 13.0. The van der Waals surface area contributed by atoms with Crippen molar-refractivity contribution in [3.05, 3.63) is 89.7 Å². The van der Waals surface area contributed by atoms with E-state index in [1.165, 1.54) is 5.56 Å². The maximum Gasteiger partial charge on any atom is 0.322 e. The number of benzene rings is 2. The highest BCUT2D eigenvalue weighted by molar-refractivity contribution is 5.95. The molecule has 7 heteroatoms. The Morgan fingerprint density at radius 1 is 0.969 bits per heavy atom. The van der Waals surface area contributed by atoms with Crippen LogP contribution in [0.3, 0.4) is 0 Å². The van der Waals surface area contributed by atoms with Crippen LogP contribution < -0.4 is 10.1 Å². The Labute approximate surface area is 187 Å². The van der Waals surface area contributed by atoms with E-state index in [0.717, 1.165) is 5.56 Å². The molecule has 0 aliphatic carbocycles. The molecule has 7 nitrogen and oxygen atoms in total. The second-order valence-electron chi connectivity index (χ2n) is 7.76. The van der Waals surface area contributed by atoms with Crippen LogP contribution in [-0.2, 0) is 6.61 Å². The first-order valence-corrected chi connectivity index (χ1v) is 10.6. The van der Waals surface area contributed by atoms with E-state index in [2.05, 4.69) is 16.4 Å². The van der Waals surface area contributed by atoms with E-state index in [0.29, 0.717) is 49.8 Å². The number of nitrogens with one attached hydrogen (secondary N) is 1. The molecule has 2 aromatic carbocycles. The molecule has 0 unspecified atom stereocenters. The fourth-order valence-electron chi connectivity index (χ4n) is 3.62. The third-order valence-corrected chi connectivity index (χ3v) is 5.34. The highest BCUT2D eigenvalue weighted by atomic mass is 16.5. The molecular formula is C25H26N4O3. The van der Waals surface area contributed by atoms with Gasteiger partial charge in [0.1, 0.15) is 12.4 Å². The van der Waals surface area contributed by atoms with Gasteiger partial charge in [0.2, 0.25) is 0 Å². The van der Waals surface area contributed by atoms with E-state index < -0.39 is 0 Å². The maximum absolute atomic E-state index is 13.0. The number of aromatic nitrogens is 1. The van der Waals surface area contributed by atoms with Crippen molar-refractivity contribution in [1.29, 1.82) is 0 Å².